The number of hydrogen-bond acceptors (Lipinski definition) is 2. The maximum absolute atomic E-state index is 2.38. The van der Waals surface area contributed by atoms with E-state index in [1.807, 2.05) is 0 Å². The Hall–Kier alpha value is -9.90. The van der Waals surface area contributed by atoms with Gasteiger partial charge in [0.05, 0.1) is 22.1 Å². The normalized spacial score (nSPS) is 11.7. The maximum atomic E-state index is 2.38. The Balaban J connectivity index is 0.806. The number of aromatic nitrogens is 2. The van der Waals surface area contributed by atoms with E-state index >= 15 is 0 Å². The Morgan fingerprint density at radius 2 is 0.554 bits per heavy atom. The molecular formula is C70H48N4. The molecule has 0 fully saturated rings. The summed E-state index contributed by atoms with van der Waals surface area (Å²) >= 11 is 0. The quantitative estimate of drug-likeness (QED) is 0.127. The van der Waals surface area contributed by atoms with Gasteiger partial charge in [0, 0.05) is 67.0 Å². The minimum atomic E-state index is 1.09. The fourth-order valence-corrected chi connectivity index (χ4v) is 11.1. The molecule has 348 valence electrons. The highest BCUT2D eigenvalue weighted by atomic mass is 15.1. The molecule has 0 radical (unpaired) electrons. The van der Waals surface area contributed by atoms with Crippen molar-refractivity contribution in [3.05, 3.63) is 290 Å². The molecule has 14 rings (SSSR count). The fraction of sp³-hybridized carbons (Fsp3) is 0. The summed E-state index contributed by atoms with van der Waals surface area (Å²) in [4.78, 5) is 4.76. The smallest absolute Gasteiger partial charge is 0.0542 e. The molecular weight excluding hydrogens is 897 g/mol. The maximum Gasteiger partial charge on any atom is 0.0542 e. The van der Waals surface area contributed by atoms with Crippen LogP contribution in [0.15, 0.2) is 279 Å². The highest BCUT2D eigenvalue weighted by molar-refractivity contribution is 6.12. The molecule has 0 saturated heterocycles. The Labute approximate surface area is 429 Å². The summed E-state index contributed by atoms with van der Waals surface area (Å²) in [6, 6.07) is 101. The SMILES string of the molecule is C(=Cc1ccc(N(c2ccc3ccccc3c2)c2ccc3c(c2)c2ccccc2n3-c2ccccc2)cc1)c1ccc(N(c2ccc3ccccc3c2)c2ccc3c(c2)c2ccccc2n3-c2ccccc2)cc1. The molecule has 4 nitrogen and oxygen atoms in total. The van der Waals surface area contributed by atoms with E-state index in [0.717, 1.165) is 56.6 Å². The van der Waals surface area contributed by atoms with Crippen LogP contribution in [0.3, 0.4) is 0 Å². The van der Waals surface area contributed by atoms with Crippen LogP contribution in [0.25, 0.3) is 88.7 Å². The molecule has 0 bridgehead atoms. The zero-order chi connectivity index (χ0) is 49.0. The lowest BCUT2D eigenvalue weighted by atomic mass is 10.1. The molecule has 0 N–H and O–H groups in total. The first-order valence-corrected chi connectivity index (χ1v) is 25.3. The van der Waals surface area contributed by atoms with Crippen LogP contribution in [-0.2, 0) is 0 Å². The van der Waals surface area contributed by atoms with Crippen LogP contribution in [0.5, 0.6) is 0 Å². The van der Waals surface area contributed by atoms with Crippen molar-refractivity contribution in [3.63, 3.8) is 0 Å². The van der Waals surface area contributed by atoms with E-state index < -0.39 is 0 Å². The van der Waals surface area contributed by atoms with Crippen LogP contribution in [-0.4, -0.2) is 9.13 Å². The molecule has 2 heterocycles. The summed E-state index contributed by atoms with van der Waals surface area (Å²) in [6.45, 7) is 0. The van der Waals surface area contributed by atoms with E-state index in [1.165, 1.54) is 65.2 Å². The Bertz CT molecular complexity index is 4130. The highest BCUT2D eigenvalue weighted by Gasteiger charge is 2.20. The second-order valence-electron chi connectivity index (χ2n) is 19.0. The molecule has 0 spiro atoms. The minimum Gasteiger partial charge on any atom is -0.310 e. The molecule has 4 heteroatoms. The molecule has 0 saturated carbocycles. The standard InChI is InChI=1S/C70H48N4/c1-3-19-55(20-4-1)73-67-25-13-11-23-63(67)65-47-61(41-43-69(65)73)71(59-39-33-51-15-7-9-17-53(51)45-59)57-35-29-49(30-36-57)27-28-50-31-37-58(38-32-50)72(60-40-34-52-16-8-10-18-54(52)46-60)62-42-44-70-66(48-62)64-24-12-14-26-68(64)74(70)56-21-5-2-6-22-56/h1-48H. The third-order valence-electron chi connectivity index (χ3n) is 14.6. The van der Waals surface area contributed by atoms with Crippen LogP contribution in [0, 0.1) is 0 Å². The molecule has 0 unspecified atom stereocenters. The van der Waals surface area contributed by atoms with Gasteiger partial charge in [0.2, 0.25) is 0 Å². The first-order valence-electron chi connectivity index (χ1n) is 25.3. The molecule has 0 amide bonds. The van der Waals surface area contributed by atoms with E-state index in [-0.39, 0.29) is 0 Å². The summed E-state index contributed by atoms with van der Waals surface area (Å²) in [5.41, 5.74) is 15.9. The zero-order valence-electron chi connectivity index (χ0n) is 40.5. The highest BCUT2D eigenvalue weighted by Crippen LogP contribution is 2.43. The van der Waals surface area contributed by atoms with Crippen LogP contribution < -0.4 is 9.80 Å². The first kappa shape index (κ1) is 42.9. The summed E-state index contributed by atoms with van der Waals surface area (Å²) in [5, 5.41) is 9.73. The number of hydrogen-bond donors (Lipinski definition) is 0. The van der Waals surface area contributed by atoms with Gasteiger partial charge in [-0.25, -0.2) is 0 Å². The van der Waals surface area contributed by atoms with E-state index in [1.54, 1.807) is 0 Å². The molecule has 14 aromatic rings. The number of anilines is 6. The lowest BCUT2D eigenvalue weighted by Crippen LogP contribution is -2.10. The fourth-order valence-electron chi connectivity index (χ4n) is 11.1. The molecule has 74 heavy (non-hydrogen) atoms. The average Bonchev–Trinajstić information content (AvgIpc) is 3.98. The van der Waals surface area contributed by atoms with Crippen LogP contribution in [0.4, 0.5) is 34.1 Å². The van der Waals surface area contributed by atoms with E-state index in [0.29, 0.717) is 0 Å². The summed E-state index contributed by atoms with van der Waals surface area (Å²) < 4.78 is 4.74. The number of fused-ring (bicyclic) bond motifs is 8. The predicted molar refractivity (Wildman–Crippen MR) is 315 cm³/mol. The molecule has 0 atom stereocenters. The second kappa shape index (κ2) is 18.1. The molecule has 0 aliphatic rings. The van der Waals surface area contributed by atoms with Gasteiger partial charge >= 0.3 is 0 Å². The average molecular weight is 945 g/mol. The van der Waals surface area contributed by atoms with Gasteiger partial charge in [-0.15, -0.1) is 0 Å². The van der Waals surface area contributed by atoms with Gasteiger partial charge in [-0.3, -0.25) is 0 Å². The summed E-state index contributed by atoms with van der Waals surface area (Å²) in [7, 11) is 0. The van der Waals surface area contributed by atoms with Crippen molar-refractivity contribution in [1.29, 1.82) is 0 Å². The van der Waals surface area contributed by atoms with Crippen LogP contribution in [0.1, 0.15) is 11.1 Å². The molecule has 0 aliphatic heterocycles. The van der Waals surface area contributed by atoms with Crippen molar-refractivity contribution in [2.75, 3.05) is 9.80 Å². The van der Waals surface area contributed by atoms with Gasteiger partial charge in [-0.1, -0.05) is 170 Å². The van der Waals surface area contributed by atoms with Crippen molar-refractivity contribution in [3.8, 4) is 11.4 Å². The van der Waals surface area contributed by atoms with Crippen molar-refractivity contribution in [2.24, 2.45) is 0 Å². The first-order chi connectivity index (χ1) is 36.7. The van der Waals surface area contributed by atoms with Gasteiger partial charge in [-0.2, -0.15) is 0 Å². The summed E-state index contributed by atoms with van der Waals surface area (Å²) in [6.07, 6.45) is 4.42. The predicted octanol–water partition coefficient (Wildman–Crippen LogP) is 19.3. The van der Waals surface area contributed by atoms with E-state index in [4.69, 9.17) is 0 Å². The van der Waals surface area contributed by atoms with Crippen molar-refractivity contribution in [2.45, 2.75) is 0 Å². The van der Waals surface area contributed by atoms with Crippen molar-refractivity contribution >= 4 is 111 Å². The topological polar surface area (TPSA) is 16.3 Å². The van der Waals surface area contributed by atoms with Gasteiger partial charge in [0.25, 0.3) is 0 Å². The third-order valence-corrected chi connectivity index (χ3v) is 14.6. The van der Waals surface area contributed by atoms with Crippen molar-refractivity contribution < 1.29 is 0 Å². The largest absolute Gasteiger partial charge is 0.310 e. The number of para-hydroxylation sites is 4. The van der Waals surface area contributed by atoms with Gasteiger partial charge in [0.15, 0.2) is 0 Å². The zero-order valence-corrected chi connectivity index (χ0v) is 40.5. The van der Waals surface area contributed by atoms with Gasteiger partial charge < -0.3 is 18.9 Å². The monoisotopic (exact) mass is 944 g/mol. The Kier molecular flexibility index (Phi) is 10.5. The van der Waals surface area contributed by atoms with E-state index in [9.17, 15) is 0 Å². The van der Waals surface area contributed by atoms with Crippen LogP contribution >= 0.6 is 0 Å². The van der Waals surface area contributed by atoms with E-state index in [2.05, 4.69) is 310 Å². The molecule has 2 aromatic heterocycles. The minimum absolute atomic E-state index is 1.09. The van der Waals surface area contributed by atoms with Gasteiger partial charge in [-0.05, 0) is 154 Å². The molecule has 12 aromatic carbocycles. The number of rotatable bonds is 10. The van der Waals surface area contributed by atoms with Crippen molar-refractivity contribution in [1.82, 2.24) is 9.13 Å². The summed E-state index contributed by atoms with van der Waals surface area (Å²) in [5.74, 6) is 0. The number of benzene rings is 12. The van der Waals surface area contributed by atoms with Gasteiger partial charge in [0.1, 0.15) is 0 Å². The second-order valence-corrected chi connectivity index (χ2v) is 19.0. The Morgan fingerprint density at radius 3 is 0.986 bits per heavy atom. The lowest BCUT2D eigenvalue weighted by molar-refractivity contribution is 1.18. The van der Waals surface area contributed by atoms with Crippen LogP contribution in [0.2, 0.25) is 0 Å². The number of nitrogens with zero attached hydrogens (tertiary/aromatic N) is 4. The lowest BCUT2D eigenvalue weighted by Gasteiger charge is -2.26. The third kappa shape index (κ3) is 7.56. The molecule has 0 aliphatic carbocycles. The Morgan fingerprint density at radius 1 is 0.230 bits per heavy atom.